The van der Waals surface area contributed by atoms with Gasteiger partial charge in [0.05, 0.1) is 6.61 Å². The molecule has 0 aromatic carbocycles. The highest BCUT2D eigenvalue weighted by Crippen LogP contribution is 2.42. The summed E-state index contributed by atoms with van der Waals surface area (Å²) in [5, 5.41) is -12.9. The van der Waals surface area contributed by atoms with Gasteiger partial charge in [0.25, 0.3) is 0 Å². The van der Waals surface area contributed by atoms with E-state index in [4.69, 9.17) is 0 Å². The van der Waals surface area contributed by atoms with E-state index >= 15 is 0 Å². The van der Waals surface area contributed by atoms with E-state index in [1.165, 1.54) is 0 Å². The monoisotopic (exact) mass is 454 g/mol. The van der Waals surface area contributed by atoms with Crippen molar-refractivity contribution in [1.29, 1.82) is 0 Å². The molecule has 0 amide bonds. The number of hydrogen-bond donors (Lipinski definition) is 0. The highest BCUT2D eigenvalue weighted by Gasteiger charge is 2.70. The molecule has 0 aliphatic rings. The van der Waals surface area contributed by atoms with Gasteiger partial charge in [-0.1, -0.05) is 6.92 Å². The zero-order valence-electron chi connectivity index (χ0n) is 12.0. The Labute approximate surface area is 139 Å². The van der Waals surface area contributed by atoms with E-state index in [-0.39, 0.29) is 0 Å². The van der Waals surface area contributed by atoms with E-state index < -0.39 is 62.2 Å². The minimum absolute atomic E-state index is 0.795. The van der Waals surface area contributed by atoms with Gasteiger partial charge in [-0.2, -0.15) is 60.7 Å². The average molecular weight is 454 g/mol. The van der Waals surface area contributed by atoms with Crippen LogP contribution in [-0.2, 0) is 28.6 Å². The lowest BCUT2D eigenvalue weighted by atomic mass is 10.3. The predicted molar refractivity (Wildman–Crippen MR) is 61.0 cm³/mol. The lowest BCUT2D eigenvalue weighted by Gasteiger charge is -2.23. The molecule has 0 aromatic heterocycles. The molecule has 0 heterocycles. The van der Waals surface area contributed by atoms with Gasteiger partial charge in [-0.05, 0) is 6.42 Å². The van der Waals surface area contributed by atoms with E-state index in [0.717, 1.165) is 6.92 Å². The summed E-state index contributed by atoms with van der Waals surface area (Å²) in [4.78, 5) is 0. The highest BCUT2D eigenvalue weighted by atomic mass is 32.2. The maximum atomic E-state index is 12.8. The van der Waals surface area contributed by atoms with Crippen LogP contribution in [0, 0.1) is 0 Å². The van der Waals surface area contributed by atoms with E-state index in [0.29, 0.717) is 0 Å². The summed E-state index contributed by atoms with van der Waals surface area (Å²) in [7, 11) is -13.6. The van der Waals surface area contributed by atoms with Gasteiger partial charge in [0.1, 0.15) is 6.10 Å². The second-order valence-corrected chi connectivity index (χ2v) is 7.62. The van der Waals surface area contributed by atoms with Crippen molar-refractivity contribution in [1.82, 2.24) is 0 Å². The van der Waals surface area contributed by atoms with Crippen LogP contribution in [-0.4, -0.2) is 52.4 Å². The Morgan fingerprint density at radius 3 is 1.38 bits per heavy atom. The topological polar surface area (TPSA) is 86.7 Å². The molecule has 0 aliphatic heterocycles. The molecule has 0 aromatic rings. The molecule has 0 spiro atoms. The van der Waals surface area contributed by atoms with Crippen molar-refractivity contribution in [3.8, 4) is 0 Å². The Morgan fingerprint density at radius 1 is 0.731 bits per heavy atom. The number of hydrogen-bond acceptors (Lipinski definition) is 6. The molecule has 0 N–H and O–H groups in total. The fourth-order valence-corrected chi connectivity index (χ4v) is 2.69. The standard InChI is InChI=1S/C8H8F10O6S2/c1-2-4(24-26(21,22)8(17,18)6(12,13)14)3-23-25(19,20)7(15,16)5(9,10)11/h4H,2-3H2,1H3. The molecule has 6 nitrogen and oxygen atoms in total. The van der Waals surface area contributed by atoms with Crippen LogP contribution < -0.4 is 0 Å². The summed E-state index contributed by atoms with van der Waals surface area (Å²) >= 11 is 0. The van der Waals surface area contributed by atoms with Crippen molar-refractivity contribution >= 4 is 20.2 Å². The van der Waals surface area contributed by atoms with Crippen molar-refractivity contribution in [3.05, 3.63) is 0 Å². The second kappa shape index (κ2) is 7.27. The molecule has 0 radical (unpaired) electrons. The van der Waals surface area contributed by atoms with Gasteiger partial charge in [0.15, 0.2) is 0 Å². The van der Waals surface area contributed by atoms with E-state index in [2.05, 4.69) is 8.37 Å². The molecule has 1 atom stereocenters. The molecule has 26 heavy (non-hydrogen) atoms. The highest BCUT2D eigenvalue weighted by molar-refractivity contribution is 7.88. The van der Waals surface area contributed by atoms with Crippen LogP contribution >= 0.6 is 0 Å². The fourth-order valence-electron chi connectivity index (χ4n) is 0.976. The van der Waals surface area contributed by atoms with Crippen LogP contribution in [0.5, 0.6) is 0 Å². The molecule has 0 aliphatic carbocycles. The average Bonchev–Trinajstić information content (AvgIpc) is 2.40. The zero-order valence-corrected chi connectivity index (χ0v) is 13.7. The van der Waals surface area contributed by atoms with E-state index in [1.54, 1.807) is 0 Å². The maximum Gasteiger partial charge on any atom is 0.472 e. The Morgan fingerprint density at radius 2 is 1.08 bits per heavy atom. The van der Waals surface area contributed by atoms with Crippen LogP contribution in [0.1, 0.15) is 13.3 Å². The van der Waals surface area contributed by atoms with E-state index in [9.17, 15) is 60.7 Å². The molecule has 1 unspecified atom stereocenters. The fraction of sp³-hybridized carbons (Fsp3) is 1.00. The third kappa shape index (κ3) is 4.89. The molecule has 0 saturated carbocycles. The Bertz CT molecular complexity index is 692. The number of rotatable bonds is 8. The van der Waals surface area contributed by atoms with Gasteiger partial charge in [0, 0.05) is 0 Å². The number of halogens is 10. The van der Waals surface area contributed by atoms with Crippen molar-refractivity contribution in [3.63, 3.8) is 0 Å². The van der Waals surface area contributed by atoms with Crippen LogP contribution in [0.4, 0.5) is 43.9 Å². The molecule has 0 fully saturated rings. The lowest BCUT2D eigenvalue weighted by Crippen LogP contribution is -2.47. The van der Waals surface area contributed by atoms with Crippen LogP contribution in [0.15, 0.2) is 0 Å². The lowest BCUT2D eigenvalue weighted by molar-refractivity contribution is -0.245. The summed E-state index contributed by atoms with van der Waals surface area (Å²) in [6.45, 7) is -1.22. The quantitative estimate of drug-likeness (QED) is 0.414. The first-order valence-corrected chi connectivity index (χ1v) is 8.66. The minimum atomic E-state index is -6.80. The summed E-state index contributed by atoms with van der Waals surface area (Å²) in [5.41, 5.74) is 0. The van der Waals surface area contributed by atoms with Crippen LogP contribution in [0.3, 0.4) is 0 Å². The normalized spacial score (nSPS) is 16.6. The van der Waals surface area contributed by atoms with Crippen LogP contribution in [0.25, 0.3) is 0 Å². The third-order valence-electron chi connectivity index (χ3n) is 2.42. The Kier molecular flexibility index (Phi) is 7.02. The number of alkyl halides is 10. The molecule has 18 heteroatoms. The Hall–Kier alpha value is -0.880. The van der Waals surface area contributed by atoms with Gasteiger partial charge in [-0.15, -0.1) is 0 Å². The van der Waals surface area contributed by atoms with E-state index in [1.807, 2.05) is 0 Å². The summed E-state index contributed by atoms with van der Waals surface area (Å²) in [6, 6.07) is 0. The first kappa shape index (κ1) is 25.1. The summed E-state index contributed by atoms with van der Waals surface area (Å²) in [6.07, 6.45) is -16.8. The molecule has 0 rings (SSSR count). The van der Waals surface area contributed by atoms with Crippen molar-refractivity contribution < 1.29 is 69.1 Å². The first-order valence-electron chi connectivity index (χ1n) is 5.85. The smallest absolute Gasteiger partial charge is 0.262 e. The van der Waals surface area contributed by atoms with Gasteiger partial charge < -0.3 is 0 Å². The second-order valence-electron chi connectivity index (χ2n) is 4.35. The molecule has 0 bridgehead atoms. The van der Waals surface area contributed by atoms with Crippen molar-refractivity contribution in [2.45, 2.75) is 42.3 Å². The largest absolute Gasteiger partial charge is 0.472 e. The first-order chi connectivity index (χ1) is 11.1. The maximum absolute atomic E-state index is 12.8. The molecule has 0 saturated heterocycles. The van der Waals surface area contributed by atoms with Gasteiger partial charge in [-0.25, -0.2) is 0 Å². The van der Waals surface area contributed by atoms with Gasteiger partial charge >= 0.3 is 43.1 Å². The molecular formula is C8H8F10O6S2. The van der Waals surface area contributed by atoms with Crippen LogP contribution in [0.2, 0.25) is 0 Å². The minimum Gasteiger partial charge on any atom is -0.262 e. The van der Waals surface area contributed by atoms with Gasteiger partial charge in [-0.3, -0.25) is 8.37 Å². The SMILES string of the molecule is CCC(COS(=O)(=O)C(F)(F)C(F)(F)F)OS(=O)(=O)C(F)(F)C(F)(F)F. The summed E-state index contributed by atoms with van der Waals surface area (Å²) in [5.74, 6) is 0. The predicted octanol–water partition coefficient (Wildman–Crippen LogP) is 2.77. The zero-order chi connectivity index (χ0) is 21.4. The molecular weight excluding hydrogens is 446 g/mol. The Balaban J connectivity index is 5.40. The third-order valence-corrected chi connectivity index (χ3v) is 5.11. The summed E-state index contributed by atoms with van der Waals surface area (Å²) < 4.78 is 173. The van der Waals surface area contributed by atoms with Crippen molar-refractivity contribution in [2.75, 3.05) is 6.61 Å². The van der Waals surface area contributed by atoms with Gasteiger partial charge in [0.2, 0.25) is 0 Å². The molecule has 158 valence electrons. The van der Waals surface area contributed by atoms with Crippen molar-refractivity contribution in [2.24, 2.45) is 0 Å².